The predicted octanol–water partition coefficient (Wildman–Crippen LogP) is 4.45. The lowest BCUT2D eigenvalue weighted by Gasteiger charge is -2.25. The summed E-state index contributed by atoms with van der Waals surface area (Å²) in [6.07, 6.45) is 2.47. The Morgan fingerprint density at radius 2 is 1.72 bits per heavy atom. The molecule has 2 aromatic carbocycles. The molecule has 1 saturated carbocycles. The lowest BCUT2D eigenvalue weighted by atomic mass is 9.76. The monoisotopic (exact) mass is 391 g/mol. The summed E-state index contributed by atoms with van der Waals surface area (Å²) in [6.45, 7) is 5.98. The van der Waals surface area contributed by atoms with Crippen LogP contribution in [-0.4, -0.2) is 17.8 Å². The summed E-state index contributed by atoms with van der Waals surface area (Å²) < 4.78 is 5.56. The zero-order chi connectivity index (χ0) is 20.7. The number of benzene rings is 2. The summed E-state index contributed by atoms with van der Waals surface area (Å²) in [7, 11) is 0. The quantitative estimate of drug-likeness (QED) is 0.441. The van der Waals surface area contributed by atoms with E-state index in [0.29, 0.717) is 22.9 Å². The smallest absolute Gasteiger partial charge is 0.343 e. The summed E-state index contributed by atoms with van der Waals surface area (Å²) in [5, 5.41) is 0. The van der Waals surface area contributed by atoms with E-state index in [0.717, 1.165) is 30.4 Å². The van der Waals surface area contributed by atoms with Gasteiger partial charge in [0.15, 0.2) is 0 Å². The topological polar surface area (TPSA) is 63.7 Å². The first-order valence-corrected chi connectivity index (χ1v) is 10.1. The summed E-state index contributed by atoms with van der Waals surface area (Å²) in [6, 6.07) is 12.1. The molecule has 150 valence electrons. The molecule has 5 nitrogen and oxygen atoms in total. The molecule has 0 spiro atoms. The molecule has 29 heavy (non-hydrogen) atoms. The van der Waals surface area contributed by atoms with Crippen molar-refractivity contribution in [3.8, 4) is 5.75 Å². The summed E-state index contributed by atoms with van der Waals surface area (Å²) >= 11 is 0. The van der Waals surface area contributed by atoms with Crippen LogP contribution in [0.5, 0.6) is 5.75 Å². The molecule has 0 unspecified atom stereocenters. The van der Waals surface area contributed by atoms with Crippen molar-refractivity contribution in [2.24, 2.45) is 17.8 Å². The third-order valence-electron chi connectivity index (χ3n) is 6.29. The van der Waals surface area contributed by atoms with Gasteiger partial charge in [-0.25, -0.2) is 4.79 Å². The maximum Gasteiger partial charge on any atom is 0.343 e. The molecule has 1 aliphatic carbocycles. The van der Waals surface area contributed by atoms with Gasteiger partial charge in [0.05, 0.1) is 23.1 Å². The average molecular weight is 391 g/mol. The Labute approximate surface area is 170 Å². The van der Waals surface area contributed by atoms with Gasteiger partial charge in [0.25, 0.3) is 0 Å². The number of hydrogen-bond acceptors (Lipinski definition) is 4. The summed E-state index contributed by atoms with van der Waals surface area (Å²) in [4.78, 5) is 39.8. The van der Waals surface area contributed by atoms with Crippen molar-refractivity contribution in [3.63, 3.8) is 0 Å². The van der Waals surface area contributed by atoms with Crippen molar-refractivity contribution < 1.29 is 19.1 Å². The Hall–Kier alpha value is -2.95. The van der Waals surface area contributed by atoms with E-state index in [-0.39, 0.29) is 23.7 Å². The molecule has 1 heterocycles. The van der Waals surface area contributed by atoms with Crippen molar-refractivity contribution in [2.45, 2.75) is 40.0 Å². The van der Waals surface area contributed by atoms with Gasteiger partial charge in [0.1, 0.15) is 5.75 Å². The fourth-order valence-corrected chi connectivity index (χ4v) is 4.41. The molecule has 2 amide bonds. The van der Waals surface area contributed by atoms with E-state index in [9.17, 15) is 14.4 Å². The zero-order valence-electron chi connectivity index (χ0n) is 17.0. The minimum atomic E-state index is -0.509. The average Bonchev–Trinajstić information content (AvgIpc) is 2.95. The van der Waals surface area contributed by atoms with Gasteiger partial charge >= 0.3 is 5.97 Å². The molecular formula is C24H25NO4. The Kier molecular flexibility index (Phi) is 4.99. The van der Waals surface area contributed by atoms with Crippen LogP contribution in [-0.2, 0) is 9.59 Å². The number of nitrogens with zero attached hydrogens (tertiary/aromatic N) is 1. The van der Waals surface area contributed by atoms with Crippen LogP contribution in [0.3, 0.4) is 0 Å². The SMILES string of the molecule is Cc1cccc(OC(=O)c2cccc(N3C(=O)[C@H]4CC[C@@H](C)C[C@@H]4C3=O)c2)c1C. The first-order chi connectivity index (χ1) is 13.9. The van der Waals surface area contributed by atoms with Crippen molar-refractivity contribution >= 4 is 23.5 Å². The van der Waals surface area contributed by atoms with Crippen LogP contribution in [0.25, 0.3) is 0 Å². The van der Waals surface area contributed by atoms with Gasteiger partial charge in [-0.05, 0) is 74.4 Å². The van der Waals surface area contributed by atoms with Crippen molar-refractivity contribution in [1.29, 1.82) is 0 Å². The summed E-state index contributed by atoms with van der Waals surface area (Å²) in [5.41, 5.74) is 2.69. The molecule has 1 aliphatic heterocycles. The molecule has 0 radical (unpaired) electrons. The number of fused-ring (bicyclic) bond motifs is 1. The Bertz CT molecular complexity index is 996. The third kappa shape index (κ3) is 3.46. The van der Waals surface area contributed by atoms with Gasteiger partial charge in [0, 0.05) is 0 Å². The minimum Gasteiger partial charge on any atom is -0.423 e. The first-order valence-electron chi connectivity index (χ1n) is 10.1. The lowest BCUT2D eigenvalue weighted by Crippen LogP contribution is -2.31. The fraction of sp³-hybridized carbons (Fsp3) is 0.375. The number of esters is 1. The van der Waals surface area contributed by atoms with Gasteiger partial charge in [-0.1, -0.05) is 25.1 Å². The molecule has 2 fully saturated rings. The highest BCUT2D eigenvalue weighted by molar-refractivity contribution is 6.22. The Morgan fingerprint density at radius 3 is 2.52 bits per heavy atom. The second-order valence-electron chi connectivity index (χ2n) is 8.28. The molecule has 1 saturated heterocycles. The molecule has 3 atom stereocenters. The number of carbonyl (C=O) groups excluding carboxylic acids is 3. The van der Waals surface area contributed by atoms with Crippen LogP contribution in [0.15, 0.2) is 42.5 Å². The maximum absolute atomic E-state index is 12.9. The van der Waals surface area contributed by atoms with Crippen LogP contribution in [0, 0.1) is 31.6 Å². The van der Waals surface area contributed by atoms with Crippen molar-refractivity contribution in [1.82, 2.24) is 0 Å². The normalized spacial score (nSPS) is 23.8. The lowest BCUT2D eigenvalue weighted by molar-refractivity contribution is -0.122. The van der Waals surface area contributed by atoms with Crippen LogP contribution in [0.1, 0.15) is 47.7 Å². The number of carbonyl (C=O) groups is 3. The number of amides is 2. The van der Waals surface area contributed by atoms with Gasteiger partial charge in [0.2, 0.25) is 11.8 Å². The molecule has 0 N–H and O–H groups in total. The molecular weight excluding hydrogens is 366 g/mol. The second kappa shape index (κ2) is 7.47. The highest BCUT2D eigenvalue weighted by Gasteiger charge is 2.50. The van der Waals surface area contributed by atoms with Crippen LogP contribution in [0.4, 0.5) is 5.69 Å². The Balaban J connectivity index is 1.59. The number of imide groups is 1. The van der Waals surface area contributed by atoms with E-state index >= 15 is 0 Å². The van der Waals surface area contributed by atoms with E-state index < -0.39 is 5.97 Å². The number of ether oxygens (including phenoxy) is 1. The molecule has 2 aliphatic rings. The van der Waals surface area contributed by atoms with E-state index in [4.69, 9.17) is 4.74 Å². The molecule has 0 bridgehead atoms. The highest BCUT2D eigenvalue weighted by atomic mass is 16.5. The molecule has 2 aromatic rings. The predicted molar refractivity (Wildman–Crippen MR) is 110 cm³/mol. The van der Waals surface area contributed by atoms with Crippen LogP contribution < -0.4 is 9.64 Å². The fourth-order valence-electron chi connectivity index (χ4n) is 4.41. The largest absolute Gasteiger partial charge is 0.423 e. The number of anilines is 1. The van der Waals surface area contributed by atoms with E-state index in [1.165, 1.54) is 4.90 Å². The first kappa shape index (κ1) is 19.4. The van der Waals surface area contributed by atoms with E-state index in [1.807, 2.05) is 26.0 Å². The maximum atomic E-state index is 12.9. The molecule has 0 aromatic heterocycles. The van der Waals surface area contributed by atoms with Crippen LogP contribution in [0.2, 0.25) is 0 Å². The highest BCUT2D eigenvalue weighted by Crippen LogP contribution is 2.42. The number of hydrogen-bond donors (Lipinski definition) is 0. The number of rotatable bonds is 3. The van der Waals surface area contributed by atoms with Gasteiger partial charge < -0.3 is 4.74 Å². The summed E-state index contributed by atoms with van der Waals surface area (Å²) in [5.74, 6) is -0.314. The minimum absolute atomic E-state index is 0.146. The van der Waals surface area contributed by atoms with Crippen LogP contribution >= 0.6 is 0 Å². The zero-order valence-corrected chi connectivity index (χ0v) is 17.0. The van der Waals surface area contributed by atoms with Gasteiger partial charge in [-0.2, -0.15) is 0 Å². The number of aryl methyl sites for hydroxylation is 1. The van der Waals surface area contributed by atoms with E-state index in [2.05, 4.69) is 6.92 Å². The molecule has 4 rings (SSSR count). The van der Waals surface area contributed by atoms with E-state index in [1.54, 1.807) is 30.3 Å². The third-order valence-corrected chi connectivity index (χ3v) is 6.29. The van der Waals surface area contributed by atoms with Gasteiger partial charge in [-0.3, -0.25) is 14.5 Å². The van der Waals surface area contributed by atoms with Crippen molar-refractivity contribution in [2.75, 3.05) is 4.90 Å². The standard InChI is InChI=1S/C24H25NO4/c1-14-10-11-19-20(12-14)23(27)25(22(19)26)18-8-5-7-17(13-18)24(28)29-21-9-4-6-15(2)16(21)3/h4-9,13-14,19-20H,10-12H2,1-3H3/t14-,19+,20+/m1/s1. The molecule has 5 heteroatoms. The second-order valence-corrected chi connectivity index (χ2v) is 8.28. The Morgan fingerprint density at radius 1 is 1.00 bits per heavy atom. The van der Waals surface area contributed by atoms with Crippen molar-refractivity contribution in [3.05, 3.63) is 59.2 Å². The van der Waals surface area contributed by atoms with Gasteiger partial charge in [-0.15, -0.1) is 0 Å².